The molecule has 114 valence electrons. The van der Waals surface area contributed by atoms with Crippen LogP contribution in [0.5, 0.6) is 0 Å². The van der Waals surface area contributed by atoms with Gasteiger partial charge in [-0.25, -0.2) is 8.42 Å². The van der Waals surface area contributed by atoms with E-state index in [2.05, 4.69) is 23.8 Å². The van der Waals surface area contributed by atoms with Crippen LogP contribution in [0.25, 0.3) is 0 Å². The predicted molar refractivity (Wildman–Crippen MR) is 76.7 cm³/mol. The zero-order chi connectivity index (χ0) is 14.8. The first-order valence-corrected chi connectivity index (χ1v) is 8.36. The van der Waals surface area contributed by atoms with Crippen molar-refractivity contribution in [3.05, 3.63) is 12.4 Å². The first kappa shape index (κ1) is 15.4. The lowest BCUT2D eigenvalue weighted by atomic mass is 10.3. The number of aromatic nitrogens is 2. The Balaban J connectivity index is 2.07. The molecule has 2 heterocycles. The molecule has 1 fully saturated rings. The summed E-state index contributed by atoms with van der Waals surface area (Å²) in [5.41, 5.74) is 5.44. The lowest BCUT2D eigenvalue weighted by Crippen LogP contribution is -2.50. The van der Waals surface area contributed by atoms with Crippen molar-refractivity contribution in [1.82, 2.24) is 19.0 Å². The summed E-state index contributed by atoms with van der Waals surface area (Å²) in [4.78, 5) is 2.54. The second-order valence-corrected chi connectivity index (χ2v) is 7.20. The molecule has 0 amide bonds. The van der Waals surface area contributed by atoms with E-state index in [-0.39, 0.29) is 4.90 Å². The minimum atomic E-state index is -3.43. The number of nitrogens with zero attached hydrogens (tertiary/aromatic N) is 4. The van der Waals surface area contributed by atoms with Gasteiger partial charge in [-0.2, -0.15) is 9.40 Å². The molecule has 0 spiro atoms. The Bertz CT molecular complexity index is 532. The third-order valence-corrected chi connectivity index (χ3v) is 5.46. The van der Waals surface area contributed by atoms with Crippen LogP contribution in [0, 0.1) is 0 Å². The van der Waals surface area contributed by atoms with Crippen molar-refractivity contribution in [2.24, 2.45) is 5.73 Å². The van der Waals surface area contributed by atoms with E-state index in [1.165, 1.54) is 10.5 Å². The van der Waals surface area contributed by atoms with E-state index < -0.39 is 10.0 Å². The number of hydrogen-bond acceptors (Lipinski definition) is 5. The van der Waals surface area contributed by atoms with Gasteiger partial charge in [0.2, 0.25) is 10.0 Å². The fraction of sp³-hybridized carbons (Fsp3) is 0.750. The van der Waals surface area contributed by atoms with Gasteiger partial charge in [0.25, 0.3) is 0 Å². The molecule has 1 saturated heterocycles. The fourth-order valence-electron chi connectivity index (χ4n) is 2.34. The van der Waals surface area contributed by atoms with Gasteiger partial charge >= 0.3 is 0 Å². The summed E-state index contributed by atoms with van der Waals surface area (Å²) >= 11 is 0. The molecular weight excluding hydrogens is 278 g/mol. The molecule has 0 atom stereocenters. The van der Waals surface area contributed by atoms with Crippen molar-refractivity contribution in [1.29, 1.82) is 0 Å². The molecule has 1 aromatic heterocycles. The summed E-state index contributed by atoms with van der Waals surface area (Å²) in [6, 6.07) is 0.451. The maximum absolute atomic E-state index is 12.5. The largest absolute Gasteiger partial charge is 0.329 e. The molecule has 2 N–H and O–H groups in total. The van der Waals surface area contributed by atoms with E-state index in [4.69, 9.17) is 5.73 Å². The Morgan fingerprint density at radius 1 is 1.30 bits per heavy atom. The van der Waals surface area contributed by atoms with Gasteiger partial charge in [-0.05, 0) is 13.8 Å². The topological polar surface area (TPSA) is 84.5 Å². The second kappa shape index (κ2) is 6.21. The molecule has 2 rings (SSSR count). The van der Waals surface area contributed by atoms with Crippen LogP contribution in [0.4, 0.5) is 0 Å². The molecule has 0 radical (unpaired) electrons. The third-order valence-electron chi connectivity index (χ3n) is 3.61. The highest BCUT2D eigenvalue weighted by atomic mass is 32.2. The van der Waals surface area contributed by atoms with Gasteiger partial charge in [0, 0.05) is 45.0 Å². The zero-order valence-electron chi connectivity index (χ0n) is 12.1. The van der Waals surface area contributed by atoms with Crippen molar-refractivity contribution in [2.45, 2.75) is 31.3 Å². The number of sulfonamides is 1. The van der Waals surface area contributed by atoms with Crippen LogP contribution >= 0.6 is 0 Å². The highest BCUT2D eigenvalue weighted by molar-refractivity contribution is 7.89. The van der Waals surface area contributed by atoms with Crippen molar-refractivity contribution >= 4 is 10.0 Å². The lowest BCUT2D eigenvalue weighted by Gasteiger charge is -2.35. The average Bonchev–Trinajstić information content (AvgIpc) is 2.88. The number of nitrogens with two attached hydrogens (primary N) is 1. The highest BCUT2D eigenvalue weighted by Crippen LogP contribution is 2.17. The molecular formula is C12H23N5O2S. The standard InChI is InChI=1S/C12H23N5O2S/c1-11(2)15-5-7-17(8-6-15)20(18,19)12-9-14-16(10-12)4-3-13/h9-11H,3-8,13H2,1-2H3. The van der Waals surface area contributed by atoms with Crippen molar-refractivity contribution < 1.29 is 8.42 Å². The minimum Gasteiger partial charge on any atom is -0.329 e. The number of piperazine rings is 1. The summed E-state index contributed by atoms with van der Waals surface area (Å²) in [5.74, 6) is 0. The number of rotatable bonds is 5. The number of hydrogen-bond donors (Lipinski definition) is 1. The van der Waals surface area contributed by atoms with Crippen molar-refractivity contribution in [3.8, 4) is 0 Å². The van der Waals surface area contributed by atoms with Crippen LogP contribution in [0.1, 0.15) is 13.8 Å². The minimum absolute atomic E-state index is 0.254. The van der Waals surface area contributed by atoms with E-state index in [1.807, 2.05) is 0 Å². The van der Waals surface area contributed by atoms with Crippen LogP contribution in [0.15, 0.2) is 17.3 Å². The summed E-state index contributed by atoms with van der Waals surface area (Å²) in [6.45, 7) is 7.82. The Morgan fingerprint density at radius 2 is 1.95 bits per heavy atom. The Labute approximate surface area is 120 Å². The smallest absolute Gasteiger partial charge is 0.246 e. The Hall–Kier alpha value is -0.960. The van der Waals surface area contributed by atoms with Gasteiger partial charge in [0.15, 0.2) is 0 Å². The molecule has 1 aliphatic rings. The second-order valence-electron chi connectivity index (χ2n) is 5.26. The van der Waals surface area contributed by atoms with E-state index >= 15 is 0 Å². The maximum Gasteiger partial charge on any atom is 0.246 e. The molecule has 8 heteroatoms. The molecule has 0 aromatic carbocycles. The van der Waals surface area contributed by atoms with Gasteiger partial charge in [0.1, 0.15) is 4.90 Å². The van der Waals surface area contributed by atoms with E-state index in [9.17, 15) is 8.42 Å². The normalized spacial score (nSPS) is 18.8. The molecule has 0 aliphatic carbocycles. The van der Waals surface area contributed by atoms with E-state index in [0.29, 0.717) is 32.2 Å². The van der Waals surface area contributed by atoms with E-state index in [1.54, 1.807) is 10.9 Å². The Morgan fingerprint density at radius 3 is 2.50 bits per heavy atom. The van der Waals surface area contributed by atoms with Gasteiger partial charge in [-0.1, -0.05) is 0 Å². The lowest BCUT2D eigenvalue weighted by molar-refractivity contribution is 0.154. The first-order chi connectivity index (χ1) is 9.45. The Kier molecular flexibility index (Phi) is 4.79. The quantitative estimate of drug-likeness (QED) is 0.797. The zero-order valence-corrected chi connectivity index (χ0v) is 12.9. The average molecular weight is 301 g/mol. The summed E-state index contributed by atoms with van der Waals surface area (Å²) in [7, 11) is -3.43. The highest BCUT2D eigenvalue weighted by Gasteiger charge is 2.30. The van der Waals surface area contributed by atoms with Crippen LogP contribution in [-0.4, -0.2) is 66.2 Å². The molecule has 0 bridgehead atoms. The maximum atomic E-state index is 12.5. The van der Waals surface area contributed by atoms with Gasteiger partial charge in [-0.15, -0.1) is 0 Å². The van der Waals surface area contributed by atoms with Crippen molar-refractivity contribution in [3.63, 3.8) is 0 Å². The molecule has 0 unspecified atom stereocenters. The summed E-state index contributed by atoms with van der Waals surface area (Å²) < 4.78 is 28.1. The van der Waals surface area contributed by atoms with Crippen LogP contribution in [-0.2, 0) is 16.6 Å². The SMILES string of the molecule is CC(C)N1CCN(S(=O)(=O)c2cnn(CCN)c2)CC1. The van der Waals surface area contributed by atoms with Crippen LogP contribution < -0.4 is 5.73 Å². The summed E-state index contributed by atoms with van der Waals surface area (Å²) in [6.07, 6.45) is 2.96. The molecule has 1 aliphatic heterocycles. The van der Waals surface area contributed by atoms with Crippen LogP contribution in [0.3, 0.4) is 0 Å². The van der Waals surface area contributed by atoms with Gasteiger partial charge in [-0.3, -0.25) is 9.58 Å². The van der Waals surface area contributed by atoms with Crippen LogP contribution in [0.2, 0.25) is 0 Å². The monoisotopic (exact) mass is 301 g/mol. The molecule has 20 heavy (non-hydrogen) atoms. The molecule has 0 saturated carbocycles. The van der Waals surface area contributed by atoms with Gasteiger partial charge < -0.3 is 5.73 Å². The molecule has 7 nitrogen and oxygen atoms in total. The predicted octanol–water partition coefficient (Wildman–Crippen LogP) is -0.443. The van der Waals surface area contributed by atoms with Crippen molar-refractivity contribution in [2.75, 3.05) is 32.7 Å². The van der Waals surface area contributed by atoms with Gasteiger partial charge in [0.05, 0.1) is 12.7 Å². The third kappa shape index (κ3) is 3.20. The summed E-state index contributed by atoms with van der Waals surface area (Å²) in [5, 5.41) is 4.03. The molecule has 1 aromatic rings. The fourth-order valence-corrected chi connectivity index (χ4v) is 3.72. The van der Waals surface area contributed by atoms with E-state index in [0.717, 1.165) is 13.1 Å². The first-order valence-electron chi connectivity index (χ1n) is 6.92.